The summed E-state index contributed by atoms with van der Waals surface area (Å²) in [6, 6.07) is 3.54. The molecule has 3 rings (SSSR count). The van der Waals surface area contributed by atoms with Gasteiger partial charge in [-0.25, -0.2) is 9.97 Å². The van der Waals surface area contributed by atoms with Crippen molar-refractivity contribution in [3.8, 4) is 5.88 Å². The molecule has 0 spiro atoms. The van der Waals surface area contributed by atoms with Crippen LogP contribution in [0.1, 0.15) is 46.7 Å². The lowest BCUT2D eigenvalue weighted by Gasteiger charge is -2.32. The average Bonchev–Trinajstić information content (AvgIpc) is 3.10. The number of hydrogen-bond acceptors (Lipinski definition) is 5. The quantitative estimate of drug-likeness (QED) is 0.864. The fourth-order valence-electron chi connectivity index (χ4n) is 2.92. The van der Waals surface area contributed by atoms with Gasteiger partial charge in [0.05, 0.1) is 17.8 Å². The smallest absolute Gasteiger partial charge is 0.259 e. The van der Waals surface area contributed by atoms with Gasteiger partial charge < -0.3 is 9.64 Å². The number of methoxy groups -OCH3 is 1. The maximum absolute atomic E-state index is 12.8. The van der Waals surface area contributed by atoms with Gasteiger partial charge in [0.1, 0.15) is 5.56 Å². The Morgan fingerprint density at radius 3 is 3.13 bits per heavy atom. The predicted molar refractivity (Wildman–Crippen MR) is 90.2 cm³/mol. The molecule has 5 nitrogen and oxygen atoms in total. The summed E-state index contributed by atoms with van der Waals surface area (Å²) < 4.78 is 5.22. The van der Waals surface area contributed by atoms with E-state index in [1.165, 1.54) is 0 Å². The van der Waals surface area contributed by atoms with Crippen molar-refractivity contribution in [1.82, 2.24) is 14.9 Å². The van der Waals surface area contributed by atoms with E-state index >= 15 is 0 Å². The first-order chi connectivity index (χ1) is 11.2. The summed E-state index contributed by atoms with van der Waals surface area (Å²) in [7, 11) is 1.54. The first-order valence-electron chi connectivity index (χ1n) is 7.95. The summed E-state index contributed by atoms with van der Waals surface area (Å²) in [4.78, 5) is 23.5. The van der Waals surface area contributed by atoms with Crippen LogP contribution in [-0.4, -0.2) is 41.0 Å². The molecule has 1 aliphatic heterocycles. The van der Waals surface area contributed by atoms with E-state index in [-0.39, 0.29) is 5.91 Å². The van der Waals surface area contributed by atoms with Crippen LogP contribution in [-0.2, 0) is 6.42 Å². The fourth-order valence-corrected chi connectivity index (χ4v) is 3.95. The van der Waals surface area contributed by atoms with Gasteiger partial charge in [-0.15, -0.1) is 11.3 Å². The monoisotopic (exact) mass is 331 g/mol. The fraction of sp³-hybridized carbons (Fsp3) is 0.471. The molecule has 23 heavy (non-hydrogen) atoms. The van der Waals surface area contributed by atoms with E-state index < -0.39 is 0 Å². The van der Waals surface area contributed by atoms with E-state index in [1.807, 2.05) is 4.90 Å². The van der Waals surface area contributed by atoms with Gasteiger partial charge in [-0.1, -0.05) is 6.92 Å². The summed E-state index contributed by atoms with van der Waals surface area (Å²) in [6.07, 6.45) is 4.68. The molecule has 1 fully saturated rings. The van der Waals surface area contributed by atoms with Gasteiger partial charge >= 0.3 is 0 Å². The molecule has 1 aliphatic rings. The number of nitrogens with zero attached hydrogens (tertiary/aromatic N) is 3. The molecule has 1 saturated heterocycles. The molecule has 122 valence electrons. The van der Waals surface area contributed by atoms with E-state index in [2.05, 4.69) is 17.3 Å². The van der Waals surface area contributed by atoms with Crippen LogP contribution in [0.15, 0.2) is 23.7 Å². The number of likely N-dealkylation sites (tertiary alicyclic amines) is 1. The molecule has 0 radical (unpaired) electrons. The number of carbonyl (C=O) groups is 1. The highest BCUT2D eigenvalue weighted by atomic mass is 32.1. The molecular weight excluding hydrogens is 310 g/mol. The SMILES string of the molecule is CCc1csc([C@H]2CCCN(C(=O)c3cccnc3OC)C2)n1. The summed E-state index contributed by atoms with van der Waals surface area (Å²) >= 11 is 1.71. The number of thiazole rings is 1. The van der Waals surface area contributed by atoms with E-state index in [9.17, 15) is 4.79 Å². The average molecular weight is 331 g/mol. The van der Waals surface area contributed by atoms with E-state index in [0.29, 0.717) is 23.9 Å². The third kappa shape index (κ3) is 3.37. The van der Waals surface area contributed by atoms with Crippen molar-refractivity contribution in [2.75, 3.05) is 20.2 Å². The Morgan fingerprint density at radius 1 is 1.52 bits per heavy atom. The Kier molecular flexibility index (Phi) is 4.91. The van der Waals surface area contributed by atoms with Crippen LogP contribution in [0.5, 0.6) is 5.88 Å². The zero-order valence-corrected chi connectivity index (χ0v) is 14.3. The van der Waals surface area contributed by atoms with E-state index in [0.717, 1.165) is 36.5 Å². The molecule has 0 bridgehead atoms. The number of amides is 1. The summed E-state index contributed by atoms with van der Waals surface area (Å²) in [5.41, 5.74) is 1.67. The second-order valence-corrected chi connectivity index (χ2v) is 6.57. The number of piperidine rings is 1. The largest absolute Gasteiger partial charge is 0.480 e. The molecule has 2 aromatic rings. The normalized spacial score (nSPS) is 18.0. The van der Waals surface area contributed by atoms with Crippen molar-refractivity contribution in [1.29, 1.82) is 0 Å². The predicted octanol–water partition coefficient (Wildman–Crippen LogP) is 3.13. The van der Waals surface area contributed by atoms with Crippen LogP contribution in [0, 0.1) is 0 Å². The highest BCUT2D eigenvalue weighted by Crippen LogP contribution is 2.30. The van der Waals surface area contributed by atoms with Crippen molar-refractivity contribution in [2.45, 2.75) is 32.1 Å². The van der Waals surface area contributed by atoms with Crippen LogP contribution in [0.2, 0.25) is 0 Å². The third-order valence-electron chi connectivity index (χ3n) is 4.18. The highest BCUT2D eigenvalue weighted by Gasteiger charge is 2.28. The maximum atomic E-state index is 12.8. The van der Waals surface area contributed by atoms with Crippen molar-refractivity contribution in [2.24, 2.45) is 0 Å². The number of carbonyl (C=O) groups excluding carboxylic acids is 1. The Bertz CT molecular complexity index is 686. The summed E-state index contributed by atoms with van der Waals surface area (Å²) in [5, 5.41) is 3.28. The summed E-state index contributed by atoms with van der Waals surface area (Å²) in [6.45, 7) is 3.61. The van der Waals surface area contributed by atoms with Crippen LogP contribution < -0.4 is 4.74 Å². The molecule has 0 N–H and O–H groups in total. The Balaban J connectivity index is 1.76. The second-order valence-electron chi connectivity index (χ2n) is 5.68. The second kappa shape index (κ2) is 7.08. The molecule has 0 aromatic carbocycles. The maximum Gasteiger partial charge on any atom is 0.259 e. The van der Waals surface area contributed by atoms with Gasteiger partial charge in [0.15, 0.2) is 0 Å². The zero-order chi connectivity index (χ0) is 16.2. The van der Waals surface area contributed by atoms with Crippen LogP contribution in [0.4, 0.5) is 0 Å². The van der Waals surface area contributed by atoms with Gasteiger partial charge in [-0.3, -0.25) is 4.79 Å². The molecular formula is C17H21N3O2S. The molecule has 0 aliphatic carbocycles. The van der Waals surface area contributed by atoms with Gasteiger partial charge in [0, 0.05) is 30.6 Å². The zero-order valence-electron chi connectivity index (χ0n) is 13.5. The molecule has 2 aromatic heterocycles. The lowest BCUT2D eigenvalue weighted by atomic mass is 9.98. The Morgan fingerprint density at radius 2 is 2.39 bits per heavy atom. The van der Waals surface area contributed by atoms with Crippen molar-refractivity contribution >= 4 is 17.2 Å². The topological polar surface area (TPSA) is 55.3 Å². The molecule has 6 heteroatoms. The van der Waals surface area contributed by atoms with Crippen LogP contribution in [0.3, 0.4) is 0 Å². The first-order valence-corrected chi connectivity index (χ1v) is 8.83. The molecule has 1 amide bonds. The van der Waals surface area contributed by atoms with Gasteiger partial charge in [0.2, 0.25) is 5.88 Å². The number of pyridine rings is 1. The standard InChI is InChI=1S/C17H21N3O2S/c1-3-13-11-23-16(19-13)12-6-5-9-20(10-12)17(21)14-7-4-8-18-15(14)22-2/h4,7-8,11-12H,3,5-6,9-10H2,1-2H3/t12-/m0/s1. The number of rotatable bonds is 4. The molecule has 1 atom stereocenters. The molecule has 3 heterocycles. The third-order valence-corrected chi connectivity index (χ3v) is 5.24. The van der Waals surface area contributed by atoms with Gasteiger partial charge in [0.25, 0.3) is 5.91 Å². The molecule has 0 saturated carbocycles. The minimum absolute atomic E-state index is 0.00748. The highest BCUT2D eigenvalue weighted by molar-refractivity contribution is 7.09. The van der Waals surface area contributed by atoms with Crippen molar-refractivity contribution < 1.29 is 9.53 Å². The first kappa shape index (κ1) is 15.9. The van der Waals surface area contributed by atoms with Gasteiger partial charge in [-0.05, 0) is 31.4 Å². The number of hydrogen-bond donors (Lipinski definition) is 0. The lowest BCUT2D eigenvalue weighted by Crippen LogP contribution is -2.39. The van der Waals surface area contributed by atoms with Crippen molar-refractivity contribution in [3.63, 3.8) is 0 Å². The van der Waals surface area contributed by atoms with E-state index in [1.54, 1.807) is 36.8 Å². The number of aryl methyl sites for hydroxylation is 1. The van der Waals surface area contributed by atoms with Gasteiger partial charge in [-0.2, -0.15) is 0 Å². The Labute approximate surface area is 140 Å². The van der Waals surface area contributed by atoms with Crippen LogP contribution >= 0.6 is 11.3 Å². The minimum atomic E-state index is -0.00748. The van der Waals surface area contributed by atoms with E-state index in [4.69, 9.17) is 9.72 Å². The van der Waals surface area contributed by atoms with Crippen LogP contribution in [0.25, 0.3) is 0 Å². The number of aromatic nitrogens is 2. The van der Waals surface area contributed by atoms with Crippen molar-refractivity contribution in [3.05, 3.63) is 40.0 Å². The Hall–Kier alpha value is -1.95. The lowest BCUT2D eigenvalue weighted by molar-refractivity contribution is 0.0703. The summed E-state index contributed by atoms with van der Waals surface area (Å²) in [5.74, 6) is 0.717. The number of ether oxygens (including phenoxy) is 1. The molecule has 0 unspecified atom stereocenters. The minimum Gasteiger partial charge on any atom is -0.480 e.